The third-order valence-corrected chi connectivity index (χ3v) is 7.13. The number of benzene rings is 2. The van der Waals surface area contributed by atoms with Gasteiger partial charge in [0.2, 0.25) is 11.8 Å². The van der Waals surface area contributed by atoms with Crippen LogP contribution in [0.25, 0.3) is 0 Å². The quantitative estimate of drug-likeness (QED) is 0.233. The maximum Gasteiger partial charge on any atom is 0.242 e. The third kappa shape index (κ3) is 9.67. The van der Waals surface area contributed by atoms with Crippen molar-refractivity contribution < 1.29 is 28.2 Å². The van der Waals surface area contributed by atoms with Gasteiger partial charge in [-0.2, -0.15) is 0 Å². The predicted octanol–water partition coefficient (Wildman–Crippen LogP) is 4.97. The minimum Gasteiger partial charge on any atom is -0.493 e. The molecule has 0 unspecified atom stereocenters. The highest BCUT2D eigenvalue weighted by molar-refractivity contribution is 7.09. The van der Waals surface area contributed by atoms with Gasteiger partial charge in [-0.05, 0) is 66.6 Å². The van der Waals surface area contributed by atoms with Gasteiger partial charge in [-0.25, -0.2) is 4.39 Å². The second kappa shape index (κ2) is 15.9. The van der Waals surface area contributed by atoms with Crippen molar-refractivity contribution >= 4 is 23.2 Å². The van der Waals surface area contributed by atoms with Gasteiger partial charge >= 0.3 is 0 Å². The summed E-state index contributed by atoms with van der Waals surface area (Å²) in [6, 6.07) is 15.6. The minimum absolute atomic E-state index is 0.0382. The van der Waals surface area contributed by atoms with Crippen molar-refractivity contribution in [2.45, 2.75) is 32.7 Å². The first kappa shape index (κ1) is 30.1. The Bertz CT molecular complexity index is 1170. The van der Waals surface area contributed by atoms with Crippen LogP contribution in [-0.2, 0) is 33.7 Å². The maximum atomic E-state index is 13.6. The molecule has 0 spiro atoms. The van der Waals surface area contributed by atoms with Crippen molar-refractivity contribution in [2.24, 2.45) is 0 Å². The van der Waals surface area contributed by atoms with Crippen LogP contribution in [0.4, 0.5) is 4.39 Å². The zero-order valence-corrected chi connectivity index (χ0v) is 23.7. The van der Waals surface area contributed by atoms with E-state index in [0.29, 0.717) is 62.8 Å². The third-order valence-electron chi connectivity index (χ3n) is 6.27. The fourth-order valence-electron chi connectivity index (χ4n) is 4.13. The summed E-state index contributed by atoms with van der Waals surface area (Å²) < 4.78 is 29.6. The normalized spacial score (nSPS) is 10.8. The molecule has 7 nitrogen and oxygen atoms in total. The van der Waals surface area contributed by atoms with Crippen LogP contribution in [0.2, 0.25) is 0 Å². The molecule has 0 atom stereocenters. The number of methoxy groups -OCH3 is 2. The topological polar surface area (TPSA) is 68.3 Å². The molecule has 210 valence electrons. The Balaban J connectivity index is 1.73. The summed E-state index contributed by atoms with van der Waals surface area (Å²) in [5.41, 5.74) is 1.71. The molecule has 0 saturated carbocycles. The van der Waals surface area contributed by atoms with Gasteiger partial charge < -0.3 is 24.0 Å². The Kier molecular flexibility index (Phi) is 12.2. The van der Waals surface area contributed by atoms with E-state index in [1.165, 1.54) is 12.1 Å². The van der Waals surface area contributed by atoms with Gasteiger partial charge in [-0.3, -0.25) is 9.59 Å². The summed E-state index contributed by atoms with van der Waals surface area (Å²) >= 11 is 1.59. The van der Waals surface area contributed by atoms with Gasteiger partial charge in [0.05, 0.1) is 33.7 Å². The number of thiophene rings is 1. The first-order valence-electron chi connectivity index (χ1n) is 13.0. The van der Waals surface area contributed by atoms with Crippen molar-refractivity contribution in [3.63, 3.8) is 0 Å². The fourth-order valence-corrected chi connectivity index (χ4v) is 4.85. The maximum absolute atomic E-state index is 13.6. The van der Waals surface area contributed by atoms with Crippen LogP contribution in [0.3, 0.4) is 0 Å². The zero-order valence-electron chi connectivity index (χ0n) is 22.9. The summed E-state index contributed by atoms with van der Waals surface area (Å²) in [5.74, 6) is 0.622. The summed E-state index contributed by atoms with van der Waals surface area (Å²) in [5, 5.41) is 1.98. The van der Waals surface area contributed by atoms with E-state index in [1.54, 1.807) is 47.5 Å². The second-order valence-corrected chi connectivity index (χ2v) is 10.0. The molecule has 0 bridgehead atoms. The first-order valence-corrected chi connectivity index (χ1v) is 13.9. The van der Waals surface area contributed by atoms with Crippen molar-refractivity contribution in [3.05, 3.63) is 81.8 Å². The van der Waals surface area contributed by atoms with E-state index in [2.05, 4.69) is 0 Å². The molecular formula is C30H37FN2O5S. The van der Waals surface area contributed by atoms with Crippen LogP contribution in [0.5, 0.6) is 11.5 Å². The largest absolute Gasteiger partial charge is 0.493 e. The molecule has 0 saturated heterocycles. The van der Waals surface area contributed by atoms with E-state index >= 15 is 0 Å². The summed E-state index contributed by atoms with van der Waals surface area (Å²) in [4.78, 5) is 31.3. The molecule has 1 heterocycles. The summed E-state index contributed by atoms with van der Waals surface area (Å²) in [7, 11) is 3.19. The monoisotopic (exact) mass is 556 g/mol. The number of carbonyl (C=O) groups excluding carboxylic acids is 2. The van der Waals surface area contributed by atoms with E-state index in [0.717, 1.165) is 10.4 Å². The van der Waals surface area contributed by atoms with Gasteiger partial charge in [-0.1, -0.05) is 24.3 Å². The number of ether oxygens (including phenoxy) is 3. The second-order valence-electron chi connectivity index (χ2n) is 9.00. The average molecular weight is 557 g/mol. The number of hydrogen-bond donors (Lipinski definition) is 0. The molecule has 0 aliphatic carbocycles. The highest BCUT2D eigenvalue weighted by atomic mass is 32.1. The fraction of sp³-hybridized carbons (Fsp3) is 0.400. The number of carbonyl (C=O) groups is 2. The molecule has 2 amide bonds. The van der Waals surface area contributed by atoms with Gasteiger partial charge in [-0.15, -0.1) is 11.3 Å². The van der Waals surface area contributed by atoms with Gasteiger partial charge in [0.1, 0.15) is 5.82 Å². The lowest BCUT2D eigenvalue weighted by atomic mass is 10.1. The van der Waals surface area contributed by atoms with Crippen molar-refractivity contribution in [1.82, 2.24) is 9.80 Å². The molecule has 2 aromatic carbocycles. The molecule has 39 heavy (non-hydrogen) atoms. The predicted molar refractivity (Wildman–Crippen MR) is 151 cm³/mol. The number of halogens is 1. The van der Waals surface area contributed by atoms with Crippen molar-refractivity contribution in [2.75, 3.05) is 47.1 Å². The Hall–Kier alpha value is -3.43. The van der Waals surface area contributed by atoms with Crippen LogP contribution in [-0.4, -0.2) is 68.7 Å². The summed E-state index contributed by atoms with van der Waals surface area (Å²) in [6.45, 7) is 4.31. The van der Waals surface area contributed by atoms with Crippen LogP contribution in [0.1, 0.15) is 29.3 Å². The molecule has 3 aromatic rings. The van der Waals surface area contributed by atoms with Crippen molar-refractivity contribution in [1.29, 1.82) is 0 Å². The van der Waals surface area contributed by atoms with Gasteiger partial charge in [0, 0.05) is 31.2 Å². The van der Waals surface area contributed by atoms with Crippen LogP contribution in [0, 0.1) is 5.82 Å². The van der Waals surface area contributed by atoms with Gasteiger partial charge in [0.25, 0.3) is 0 Å². The van der Waals surface area contributed by atoms with E-state index in [9.17, 15) is 14.0 Å². The average Bonchev–Trinajstić information content (AvgIpc) is 3.46. The molecule has 0 fully saturated rings. The first-order chi connectivity index (χ1) is 18.9. The molecule has 0 radical (unpaired) electrons. The zero-order chi connectivity index (χ0) is 28.0. The van der Waals surface area contributed by atoms with E-state index in [1.807, 2.05) is 42.6 Å². The van der Waals surface area contributed by atoms with Crippen LogP contribution in [0.15, 0.2) is 60.0 Å². The summed E-state index contributed by atoms with van der Waals surface area (Å²) in [6.07, 6.45) is 1.33. The lowest BCUT2D eigenvalue weighted by molar-refractivity contribution is -0.140. The lowest BCUT2D eigenvalue weighted by Gasteiger charge is -2.28. The number of hydrogen-bond acceptors (Lipinski definition) is 6. The lowest BCUT2D eigenvalue weighted by Crippen LogP contribution is -2.44. The minimum atomic E-state index is -0.353. The Morgan fingerprint density at radius 1 is 0.897 bits per heavy atom. The number of nitrogens with zero attached hydrogens (tertiary/aromatic N) is 2. The van der Waals surface area contributed by atoms with E-state index in [4.69, 9.17) is 14.2 Å². The highest BCUT2D eigenvalue weighted by Crippen LogP contribution is 2.28. The van der Waals surface area contributed by atoms with E-state index in [-0.39, 0.29) is 30.6 Å². The standard InChI is InChI=1S/C30H37FN2O5S/c1-4-38-17-6-15-32(29(34)20-23-8-11-25(31)12-9-23)22-30(35)33(21-26-7-5-18-39-26)16-14-24-10-13-27(36-2)28(19-24)37-3/h5,7-13,18-19H,4,6,14-17,20-22H2,1-3H3. The van der Waals surface area contributed by atoms with E-state index < -0.39 is 0 Å². The smallest absolute Gasteiger partial charge is 0.242 e. The molecule has 0 aliphatic heterocycles. The molecular weight excluding hydrogens is 519 g/mol. The Morgan fingerprint density at radius 2 is 1.64 bits per heavy atom. The Labute approximate surface area is 234 Å². The molecule has 0 aliphatic rings. The SMILES string of the molecule is CCOCCCN(CC(=O)N(CCc1ccc(OC)c(OC)c1)Cc1cccs1)C(=O)Cc1ccc(F)cc1. The van der Waals surface area contributed by atoms with Crippen LogP contribution >= 0.6 is 11.3 Å². The molecule has 1 aromatic heterocycles. The number of rotatable bonds is 16. The molecule has 3 rings (SSSR count). The highest BCUT2D eigenvalue weighted by Gasteiger charge is 2.22. The Morgan fingerprint density at radius 3 is 2.31 bits per heavy atom. The van der Waals surface area contributed by atoms with Crippen molar-refractivity contribution in [3.8, 4) is 11.5 Å². The van der Waals surface area contributed by atoms with Gasteiger partial charge in [0.15, 0.2) is 11.5 Å². The van der Waals surface area contributed by atoms with Crippen LogP contribution < -0.4 is 9.47 Å². The number of amides is 2. The molecule has 9 heteroatoms. The molecule has 0 N–H and O–H groups in total.